The van der Waals surface area contributed by atoms with Gasteiger partial charge in [-0.05, 0) is 55.5 Å². The van der Waals surface area contributed by atoms with E-state index in [1.165, 1.54) is 30.3 Å². The maximum Gasteiger partial charge on any atom is 0.418 e. The molecule has 0 aliphatic heterocycles. The molecule has 0 spiro atoms. The van der Waals surface area contributed by atoms with Crippen LogP contribution in [0, 0.1) is 18.3 Å². The molecule has 0 saturated carbocycles. The lowest BCUT2D eigenvalue weighted by molar-refractivity contribution is -0.137. The molecule has 1 amide bonds. The second kappa shape index (κ2) is 13.2. The fourth-order valence-corrected chi connectivity index (χ4v) is 6.29. The van der Waals surface area contributed by atoms with E-state index >= 15 is 0 Å². The van der Waals surface area contributed by atoms with E-state index in [9.17, 15) is 28.0 Å². The van der Waals surface area contributed by atoms with Crippen LogP contribution in [0.2, 0.25) is 5.02 Å². The van der Waals surface area contributed by atoms with Crippen molar-refractivity contribution in [1.82, 2.24) is 14.3 Å². The normalized spacial score (nSPS) is 12.5. The number of nitrogens with one attached hydrogen (secondary N) is 1. The van der Waals surface area contributed by atoms with Gasteiger partial charge in [0.05, 0.1) is 27.2 Å². The highest BCUT2D eigenvalue weighted by Crippen LogP contribution is 2.33. The molecule has 7 nitrogen and oxygen atoms in total. The molecule has 0 fully saturated rings. The Morgan fingerprint density at radius 2 is 1.69 bits per heavy atom. The van der Waals surface area contributed by atoms with Gasteiger partial charge in [0.2, 0.25) is 0 Å². The number of hydrogen-bond acceptors (Lipinski definition) is 5. The largest absolute Gasteiger partial charge is 0.418 e. The number of amides is 1. The van der Waals surface area contributed by atoms with Crippen molar-refractivity contribution >= 4 is 46.2 Å². The van der Waals surface area contributed by atoms with E-state index in [4.69, 9.17) is 16.7 Å². The quantitative estimate of drug-likeness (QED) is 0.208. The van der Waals surface area contributed by atoms with Gasteiger partial charge in [0, 0.05) is 28.0 Å². The number of aryl methyl sites for hydroxylation is 1. The van der Waals surface area contributed by atoms with Crippen LogP contribution in [-0.2, 0) is 11.0 Å². The lowest BCUT2D eigenvalue weighted by atomic mass is 10.1. The Hall–Kier alpha value is -5.70. The van der Waals surface area contributed by atoms with Crippen molar-refractivity contribution in [2.45, 2.75) is 13.1 Å². The molecule has 0 atom stereocenters. The van der Waals surface area contributed by atoms with Gasteiger partial charge in [-0.3, -0.25) is 14.2 Å². The smallest absolute Gasteiger partial charge is 0.321 e. The summed E-state index contributed by atoms with van der Waals surface area (Å²) in [6.07, 6.45) is -1.63. The van der Waals surface area contributed by atoms with E-state index in [2.05, 4.69) is 5.32 Å². The first-order valence-electron chi connectivity index (χ1n) is 14.4. The van der Waals surface area contributed by atoms with Gasteiger partial charge in [-0.25, -0.2) is 4.68 Å². The first-order chi connectivity index (χ1) is 23.0. The van der Waals surface area contributed by atoms with Crippen LogP contribution in [0.4, 0.5) is 18.9 Å². The Balaban J connectivity index is 1.64. The third-order valence-electron chi connectivity index (χ3n) is 7.28. The van der Waals surface area contributed by atoms with Crippen molar-refractivity contribution in [3.05, 3.63) is 151 Å². The van der Waals surface area contributed by atoms with Crippen molar-refractivity contribution in [3.63, 3.8) is 0 Å². The number of para-hydroxylation sites is 2. The average Bonchev–Trinajstić information content (AvgIpc) is 3.62. The molecule has 6 rings (SSSR count). The number of anilines is 1. The van der Waals surface area contributed by atoms with Crippen LogP contribution in [0.3, 0.4) is 0 Å². The summed E-state index contributed by atoms with van der Waals surface area (Å²) >= 11 is 6.77. The standard InChI is InChI=1S/C36H23ClF3N5O2S/c1-22-14-16-23(17-15-22)32-24(21-44(43-32)27-10-3-2-4-11-27)18-31-34(47)45(30-13-6-5-12-29(30)36(38,39)40)35(48-31)28(20-41)33(46)42-26-9-7-8-25(37)19-26/h2-19,21H,1H3,(H,42,46). The van der Waals surface area contributed by atoms with Crippen LogP contribution in [0.25, 0.3) is 34.3 Å². The number of alkyl halides is 3. The molecule has 0 aliphatic rings. The second-order valence-electron chi connectivity index (χ2n) is 10.6. The van der Waals surface area contributed by atoms with Gasteiger partial charge in [-0.1, -0.05) is 77.8 Å². The molecule has 12 heteroatoms. The Kier molecular flexibility index (Phi) is 8.86. The third-order valence-corrected chi connectivity index (χ3v) is 8.61. The Labute approximate surface area is 280 Å². The van der Waals surface area contributed by atoms with Gasteiger partial charge >= 0.3 is 6.18 Å². The number of hydrogen-bond donors (Lipinski definition) is 1. The minimum absolute atomic E-state index is 0.0220. The van der Waals surface area contributed by atoms with Crippen LogP contribution >= 0.6 is 22.9 Å². The number of thiazole rings is 1. The number of nitrogens with zero attached hydrogens (tertiary/aromatic N) is 4. The molecule has 0 radical (unpaired) electrons. The number of aromatic nitrogens is 3. The number of carbonyl (C=O) groups excluding carboxylic acids is 1. The average molecular weight is 682 g/mol. The molecule has 0 aliphatic carbocycles. The fourth-order valence-electron chi connectivity index (χ4n) is 5.02. The minimum Gasteiger partial charge on any atom is -0.321 e. The molecule has 6 aromatic rings. The molecule has 4 aromatic carbocycles. The molecular formula is C36H23ClF3N5O2S. The predicted octanol–water partition coefficient (Wildman–Crippen LogP) is 6.87. The summed E-state index contributed by atoms with van der Waals surface area (Å²) in [5.41, 5.74) is 0.721. The van der Waals surface area contributed by atoms with Crippen LogP contribution in [-0.4, -0.2) is 20.3 Å². The number of halogens is 4. The Bertz CT molecular complexity index is 2390. The predicted molar refractivity (Wildman–Crippen MR) is 181 cm³/mol. The van der Waals surface area contributed by atoms with Crippen LogP contribution in [0.15, 0.2) is 114 Å². The van der Waals surface area contributed by atoms with E-state index in [1.807, 2.05) is 61.5 Å². The summed E-state index contributed by atoms with van der Waals surface area (Å²) in [7, 11) is 0. The summed E-state index contributed by atoms with van der Waals surface area (Å²) in [6.45, 7) is 1.94. The van der Waals surface area contributed by atoms with Crippen LogP contribution in [0.5, 0.6) is 0 Å². The van der Waals surface area contributed by atoms with E-state index in [1.54, 1.807) is 29.1 Å². The molecule has 2 aromatic heterocycles. The van der Waals surface area contributed by atoms with Crippen molar-refractivity contribution in [3.8, 4) is 28.7 Å². The molecule has 0 saturated heterocycles. The van der Waals surface area contributed by atoms with Gasteiger partial charge in [-0.15, -0.1) is 11.3 Å². The number of nitriles is 1. The van der Waals surface area contributed by atoms with E-state index in [-0.39, 0.29) is 14.9 Å². The van der Waals surface area contributed by atoms with Crippen molar-refractivity contribution in [2.24, 2.45) is 0 Å². The van der Waals surface area contributed by atoms with Gasteiger partial charge in [0.15, 0.2) is 5.57 Å². The molecule has 0 bridgehead atoms. The fraction of sp³-hybridized carbons (Fsp3) is 0.0556. The maximum atomic E-state index is 14.3. The summed E-state index contributed by atoms with van der Waals surface area (Å²) in [6, 6.07) is 29.3. The zero-order chi connectivity index (χ0) is 34.0. The molecular weight excluding hydrogens is 659 g/mol. The Morgan fingerprint density at radius 1 is 0.979 bits per heavy atom. The Morgan fingerprint density at radius 3 is 2.38 bits per heavy atom. The highest BCUT2D eigenvalue weighted by molar-refractivity contribution is 7.07. The highest BCUT2D eigenvalue weighted by Gasteiger charge is 2.34. The number of carbonyl (C=O) groups is 1. The summed E-state index contributed by atoms with van der Waals surface area (Å²) in [5, 5.41) is 17.8. The van der Waals surface area contributed by atoms with Crippen molar-refractivity contribution in [2.75, 3.05) is 5.32 Å². The molecule has 0 unspecified atom stereocenters. The lowest BCUT2D eigenvalue weighted by Gasteiger charge is -2.13. The highest BCUT2D eigenvalue weighted by atomic mass is 35.5. The van der Waals surface area contributed by atoms with Gasteiger partial charge in [0.1, 0.15) is 10.7 Å². The molecule has 48 heavy (non-hydrogen) atoms. The van der Waals surface area contributed by atoms with Gasteiger partial charge in [-0.2, -0.15) is 23.5 Å². The first kappa shape index (κ1) is 32.2. The summed E-state index contributed by atoms with van der Waals surface area (Å²) in [5.74, 6) is -0.928. The molecule has 1 N–H and O–H groups in total. The van der Waals surface area contributed by atoms with Gasteiger partial charge < -0.3 is 5.32 Å². The number of rotatable bonds is 6. The van der Waals surface area contributed by atoms with E-state index < -0.39 is 34.5 Å². The SMILES string of the molecule is Cc1ccc(-c2nn(-c3ccccc3)cc2C=c2sc(=C(C#N)C(=O)Nc3cccc(Cl)c3)n(-c3ccccc3C(F)(F)F)c2=O)cc1. The van der Waals surface area contributed by atoms with Crippen molar-refractivity contribution < 1.29 is 18.0 Å². The molecule has 2 heterocycles. The van der Waals surface area contributed by atoms with Crippen molar-refractivity contribution in [1.29, 1.82) is 5.26 Å². The summed E-state index contributed by atoms with van der Waals surface area (Å²) in [4.78, 5) is 27.6. The zero-order valence-corrected chi connectivity index (χ0v) is 26.6. The zero-order valence-electron chi connectivity index (χ0n) is 25.0. The molecule has 238 valence electrons. The topological polar surface area (TPSA) is 92.7 Å². The maximum absolute atomic E-state index is 14.3. The van der Waals surface area contributed by atoms with Crippen LogP contribution < -0.4 is 20.1 Å². The minimum atomic E-state index is -4.84. The number of benzene rings is 4. The van der Waals surface area contributed by atoms with Gasteiger partial charge in [0.25, 0.3) is 11.5 Å². The van der Waals surface area contributed by atoms with Crippen LogP contribution in [0.1, 0.15) is 16.7 Å². The van der Waals surface area contributed by atoms with E-state index in [0.29, 0.717) is 16.3 Å². The summed E-state index contributed by atoms with van der Waals surface area (Å²) < 4.78 is 44.9. The second-order valence-corrected chi connectivity index (χ2v) is 12.1. The third kappa shape index (κ3) is 6.57. The monoisotopic (exact) mass is 681 g/mol. The lowest BCUT2D eigenvalue weighted by Crippen LogP contribution is -2.33. The van der Waals surface area contributed by atoms with E-state index in [0.717, 1.165) is 44.9 Å². The first-order valence-corrected chi connectivity index (χ1v) is 15.6.